The first-order valence-corrected chi connectivity index (χ1v) is 14.2. The summed E-state index contributed by atoms with van der Waals surface area (Å²) in [5, 5.41) is 9.04. The summed E-state index contributed by atoms with van der Waals surface area (Å²) in [4.78, 5) is 10.4. The number of nitrogens with zero attached hydrogens (tertiary/aromatic N) is 4. The van der Waals surface area contributed by atoms with Gasteiger partial charge in [-0.05, 0) is 103 Å². The van der Waals surface area contributed by atoms with Crippen LogP contribution in [0.3, 0.4) is 0 Å². The lowest BCUT2D eigenvalue weighted by atomic mass is 9.80. The van der Waals surface area contributed by atoms with Crippen molar-refractivity contribution in [3.05, 3.63) is 63.8 Å². The third-order valence-corrected chi connectivity index (χ3v) is 8.10. The minimum absolute atomic E-state index is 0.0379. The molecule has 0 bridgehead atoms. The third kappa shape index (κ3) is 6.61. The van der Waals surface area contributed by atoms with Crippen LogP contribution in [0.1, 0.15) is 81.9 Å². The van der Waals surface area contributed by atoms with Gasteiger partial charge in [-0.2, -0.15) is 18.4 Å². The Kier molecular flexibility index (Phi) is 9.27. The number of likely N-dealkylation sites (tertiary alicyclic amines) is 1. The average Bonchev–Trinajstić information content (AvgIpc) is 3.32. The maximum Gasteiger partial charge on any atom is 0.418 e. The summed E-state index contributed by atoms with van der Waals surface area (Å²) in [5.74, 6) is 0.545. The Labute approximate surface area is 230 Å². The number of fused-ring (bicyclic) bond motifs is 1. The number of alkyl halides is 3. The summed E-state index contributed by atoms with van der Waals surface area (Å²) in [7, 11) is 0. The fourth-order valence-corrected chi connectivity index (χ4v) is 6.13. The zero-order chi connectivity index (χ0) is 28.2. The van der Waals surface area contributed by atoms with Crippen LogP contribution in [0.25, 0.3) is 5.57 Å². The normalized spacial score (nSPS) is 21.4. The van der Waals surface area contributed by atoms with Crippen molar-refractivity contribution >= 4 is 17.6 Å². The number of aliphatic imine (C=N–C) groups is 2. The van der Waals surface area contributed by atoms with Gasteiger partial charge in [0.1, 0.15) is 6.34 Å². The smallest absolute Gasteiger partial charge is 0.291 e. The molecule has 1 aliphatic carbocycles. The van der Waals surface area contributed by atoms with Crippen molar-refractivity contribution in [2.45, 2.75) is 84.4 Å². The molecule has 1 aromatic carbocycles. The van der Waals surface area contributed by atoms with Crippen molar-refractivity contribution < 1.29 is 13.2 Å². The fourth-order valence-electron chi connectivity index (χ4n) is 6.13. The van der Waals surface area contributed by atoms with Crippen molar-refractivity contribution in [1.29, 1.82) is 5.26 Å². The van der Waals surface area contributed by atoms with Gasteiger partial charge in [0.15, 0.2) is 0 Å². The Bertz CT molecular complexity index is 1250. The molecule has 1 fully saturated rings. The highest BCUT2D eigenvalue weighted by atomic mass is 19.4. The monoisotopic (exact) mass is 536 g/mol. The number of nitriles is 1. The van der Waals surface area contributed by atoms with Crippen LogP contribution in [-0.2, 0) is 0 Å². The van der Waals surface area contributed by atoms with Gasteiger partial charge in [0, 0.05) is 0 Å². The minimum Gasteiger partial charge on any atom is -0.291 e. The Balaban J connectivity index is 1.81. The molecule has 7 heteroatoms. The van der Waals surface area contributed by atoms with Gasteiger partial charge in [-0.3, -0.25) is 9.89 Å². The first-order valence-electron chi connectivity index (χ1n) is 14.2. The van der Waals surface area contributed by atoms with E-state index in [1.165, 1.54) is 18.0 Å². The molecular formula is C32H39F3N4. The van der Waals surface area contributed by atoms with E-state index in [0.29, 0.717) is 37.3 Å². The number of hydrogen-bond donors (Lipinski definition) is 0. The van der Waals surface area contributed by atoms with Crippen LogP contribution >= 0.6 is 0 Å². The largest absolute Gasteiger partial charge is 0.418 e. The Morgan fingerprint density at radius 1 is 1.18 bits per heavy atom. The van der Waals surface area contributed by atoms with Crippen molar-refractivity contribution in [2.24, 2.45) is 15.9 Å². The van der Waals surface area contributed by atoms with Gasteiger partial charge in [-0.1, -0.05) is 51.5 Å². The van der Waals surface area contributed by atoms with Gasteiger partial charge < -0.3 is 0 Å². The van der Waals surface area contributed by atoms with Crippen LogP contribution < -0.4 is 0 Å². The summed E-state index contributed by atoms with van der Waals surface area (Å²) >= 11 is 0. The number of piperidine rings is 1. The number of aryl methyl sites for hydroxylation is 1. The molecule has 2 aliphatic heterocycles. The summed E-state index contributed by atoms with van der Waals surface area (Å²) in [5.41, 5.74) is 5.70. The minimum atomic E-state index is -4.51. The van der Waals surface area contributed by atoms with Gasteiger partial charge in [-0.15, -0.1) is 0 Å². The second-order valence-corrected chi connectivity index (χ2v) is 11.2. The Hall–Kier alpha value is -2.98. The maximum absolute atomic E-state index is 14.3. The quantitative estimate of drug-likeness (QED) is 0.332. The molecule has 0 spiro atoms. The molecule has 2 heterocycles. The molecular weight excluding hydrogens is 497 g/mol. The molecule has 1 saturated heterocycles. The number of halogens is 3. The lowest BCUT2D eigenvalue weighted by Crippen LogP contribution is -2.33. The molecule has 3 aliphatic rings. The molecule has 0 saturated carbocycles. The zero-order valence-corrected chi connectivity index (χ0v) is 23.5. The average molecular weight is 537 g/mol. The van der Waals surface area contributed by atoms with Gasteiger partial charge >= 0.3 is 6.18 Å². The Morgan fingerprint density at radius 2 is 1.92 bits per heavy atom. The molecule has 1 unspecified atom stereocenters. The van der Waals surface area contributed by atoms with E-state index >= 15 is 0 Å². The van der Waals surface area contributed by atoms with Crippen LogP contribution in [-0.4, -0.2) is 48.8 Å². The molecule has 0 aromatic heterocycles. The lowest BCUT2D eigenvalue weighted by Gasteiger charge is -2.31. The molecule has 4 rings (SSSR count). The van der Waals surface area contributed by atoms with Crippen molar-refractivity contribution in [1.82, 2.24) is 4.90 Å². The molecule has 1 aromatic rings. The predicted molar refractivity (Wildman–Crippen MR) is 153 cm³/mol. The van der Waals surface area contributed by atoms with E-state index in [-0.39, 0.29) is 11.6 Å². The fraction of sp³-hybridized carbons (Fsp3) is 0.531. The van der Waals surface area contributed by atoms with E-state index in [0.717, 1.165) is 54.6 Å². The molecule has 0 N–H and O–H groups in total. The van der Waals surface area contributed by atoms with Gasteiger partial charge in [0.2, 0.25) is 0 Å². The SMILES string of the molecule is CCC/C(C1=CCCC2N=CN=C2C(C(F)(F)F)=C1)=C(\c1cc(C2CCN(CC#N)CC2)ccc1C)C(C)C. The van der Waals surface area contributed by atoms with E-state index in [1.807, 2.05) is 6.08 Å². The van der Waals surface area contributed by atoms with Crippen LogP contribution in [0, 0.1) is 24.2 Å². The van der Waals surface area contributed by atoms with Crippen molar-refractivity contribution in [3.8, 4) is 6.07 Å². The van der Waals surface area contributed by atoms with Crippen LogP contribution in [0.4, 0.5) is 13.2 Å². The second-order valence-electron chi connectivity index (χ2n) is 11.2. The predicted octanol–water partition coefficient (Wildman–Crippen LogP) is 7.97. The number of hydrogen-bond acceptors (Lipinski definition) is 4. The molecule has 39 heavy (non-hydrogen) atoms. The Morgan fingerprint density at radius 3 is 2.56 bits per heavy atom. The highest BCUT2D eigenvalue weighted by Crippen LogP contribution is 2.40. The van der Waals surface area contributed by atoms with Crippen LogP contribution in [0.2, 0.25) is 0 Å². The van der Waals surface area contributed by atoms with Gasteiger partial charge in [-0.25, -0.2) is 4.99 Å². The number of rotatable bonds is 7. The molecule has 0 radical (unpaired) electrons. The van der Waals surface area contributed by atoms with Crippen LogP contribution in [0.5, 0.6) is 0 Å². The summed E-state index contributed by atoms with van der Waals surface area (Å²) in [6.45, 7) is 10.7. The number of allylic oxidation sites excluding steroid dienone is 5. The topological polar surface area (TPSA) is 51.8 Å². The summed E-state index contributed by atoms with van der Waals surface area (Å²) in [6, 6.07) is 8.37. The lowest BCUT2D eigenvalue weighted by molar-refractivity contribution is -0.0863. The summed E-state index contributed by atoms with van der Waals surface area (Å²) in [6.07, 6.45) is 4.77. The second kappa shape index (κ2) is 12.5. The number of benzene rings is 1. The molecule has 208 valence electrons. The first kappa shape index (κ1) is 29.0. The molecule has 4 nitrogen and oxygen atoms in total. The van der Waals surface area contributed by atoms with E-state index in [2.05, 4.69) is 66.8 Å². The van der Waals surface area contributed by atoms with Crippen molar-refractivity contribution in [3.63, 3.8) is 0 Å². The molecule has 1 atom stereocenters. The highest BCUT2D eigenvalue weighted by Gasteiger charge is 2.41. The van der Waals surface area contributed by atoms with Gasteiger partial charge in [0.25, 0.3) is 0 Å². The standard InChI is InChI=1S/C32H39F3N4/c1-5-7-26(25-8-6-9-29-31(38-20-37-29)28(19-25)32(33,34)35)30(21(2)3)27-18-24(11-10-22(27)4)23-12-15-39(16-13-23)17-14-36/h8,10-11,18-21,23,29H,5-7,9,12-13,15-17H2,1-4H3/b25-8?,28-19?,30-26+. The third-order valence-electron chi connectivity index (χ3n) is 8.10. The maximum atomic E-state index is 14.3. The first-order chi connectivity index (χ1) is 18.6. The van der Waals surface area contributed by atoms with E-state index in [1.54, 1.807) is 0 Å². The highest BCUT2D eigenvalue weighted by molar-refractivity contribution is 6.11. The van der Waals surface area contributed by atoms with E-state index in [9.17, 15) is 13.2 Å². The van der Waals surface area contributed by atoms with E-state index < -0.39 is 17.8 Å². The van der Waals surface area contributed by atoms with E-state index in [4.69, 9.17) is 5.26 Å². The summed E-state index contributed by atoms with van der Waals surface area (Å²) < 4.78 is 43.0. The van der Waals surface area contributed by atoms with Crippen LogP contribution in [0.15, 0.2) is 57.1 Å². The molecule has 0 amide bonds. The van der Waals surface area contributed by atoms with Crippen molar-refractivity contribution in [2.75, 3.05) is 19.6 Å². The van der Waals surface area contributed by atoms with Gasteiger partial charge in [0.05, 0.1) is 29.9 Å². The zero-order valence-electron chi connectivity index (χ0n) is 23.5.